The van der Waals surface area contributed by atoms with Crippen molar-refractivity contribution in [1.82, 2.24) is 4.98 Å². The molecule has 0 radical (unpaired) electrons. The predicted octanol–water partition coefficient (Wildman–Crippen LogP) is 4.00. The highest BCUT2D eigenvalue weighted by atomic mass is 32.2. The van der Waals surface area contributed by atoms with E-state index >= 15 is 0 Å². The third-order valence-corrected chi connectivity index (χ3v) is 5.51. The summed E-state index contributed by atoms with van der Waals surface area (Å²) in [6.07, 6.45) is 3.08. The molecule has 7 heteroatoms. The Morgan fingerprint density at radius 1 is 0.897 bits per heavy atom. The highest BCUT2D eigenvalue weighted by molar-refractivity contribution is 8.14. The van der Waals surface area contributed by atoms with Crippen molar-refractivity contribution in [3.05, 3.63) is 90.8 Å². The molecule has 0 aliphatic carbocycles. The number of imide groups is 1. The predicted molar refractivity (Wildman–Crippen MR) is 113 cm³/mol. The van der Waals surface area contributed by atoms with E-state index in [0.29, 0.717) is 16.9 Å². The molecular formula is C22H17N3O3S. The number of nitrogens with zero attached hydrogens (tertiary/aromatic N) is 3. The van der Waals surface area contributed by atoms with Crippen LogP contribution in [0.1, 0.15) is 10.4 Å². The van der Waals surface area contributed by atoms with E-state index in [1.54, 1.807) is 54.7 Å². The van der Waals surface area contributed by atoms with Crippen molar-refractivity contribution in [1.29, 1.82) is 0 Å². The van der Waals surface area contributed by atoms with Gasteiger partial charge in [0.15, 0.2) is 0 Å². The van der Waals surface area contributed by atoms with Crippen LogP contribution in [0.3, 0.4) is 0 Å². The lowest BCUT2D eigenvalue weighted by atomic mass is 10.2. The quantitative estimate of drug-likeness (QED) is 0.602. The number of amides is 3. The molecule has 144 valence electrons. The zero-order chi connectivity index (χ0) is 20.2. The van der Waals surface area contributed by atoms with Gasteiger partial charge in [-0.1, -0.05) is 48.2 Å². The summed E-state index contributed by atoms with van der Waals surface area (Å²) in [6.45, 7) is 0. The summed E-state index contributed by atoms with van der Waals surface area (Å²) in [6, 6.07) is 20.0. The van der Waals surface area contributed by atoms with Gasteiger partial charge in [-0.3, -0.25) is 19.5 Å². The molecule has 3 aromatic rings. The zero-order valence-electron chi connectivity index (χ0n) is 15.3. The molecule has 1 atom stereocenters. The number of aromatic nitrogens is 1. The van der Waals surface area contributed by atoms with E-state index in [-0.39, 0.29) is 16.8 Å². The molecule has 29 heavy (non-hydrogen) atoms. The van der Waals surface area contributed by atoms with E-state index in [1.807, 2.05) is 24.3 Å². The Kier molecular flexibility index (Phi) is 5.39. The fourth-order valence-electron chi connectivity index (χ4n) is 3.16. The van der Waals surface area contributed by atoms with Crippen LogP contribution in [-0.2, 0) is 4.79 Å². The number of carbonyl (C=O) groups is 3. The lowest BCUT2D eigenvalue weighted by Crippen LogP contribution is -2.37. The lowest BCUT2D eigenvalue weighted by Gasteiger charge is -2.21. The topological polar surface area (TPSA) is 70.6 Å². The van der Waals surface area contributed by atoms with Crippen molar-refractivity contribution >= 4 is 40.2 Å². The van der Waals surface area contributed by atoms with Crippen LogP contribution in [0, 0.1) is 0 Å². The summed E-state index contributed by atoms with van der Waals surface area (Å²) < 4.78 is 0. The number of rotatable bonds is 5. The summed E-state index contributed by atoms with van der Waals surface area (Å²) in [4.78, 5) is 45.4. The third kappa shape index (κ3) is 3.77. The van der Waals surface area contributed by atoms with E-state index in [4.69, 9.17) is 0 Å². The van der Waals surface area contributed by atoms with Crippen LogP contribution in [0.25, 0.3) is 0 Å². The van der Waals surface area contributed by atoms with Crippen LogP contribution >= 0.6 is 11.8 Å². The molecule has 4 rings (SSSR count). The number of benzene rings is 2. The van der Waals surface area contributed by atoms with Gasteiger partial charge in [0.2, 0.25) is 5.12 Å². The minimum absolute atomic E-state index is 0.149. The van der Waals surface area contributed by atoms with Gasteiger partial charge >= 0.3 is 6.03 Å². The maximum Gasteiger partial charge on any atom is 0.336 e. The first kappa shape index (κ1) is 18.9. The first-order chi connectivity index (χ1) is 14.2. The zero-order valence-corrected chi connectivity index (χ0v) is 16.2. The van der Waals surface area contributed by atoms with Crippen molar-refractivity contribution in [2.75, 3.05) is 15.6 Å². The molecule has 1 aromatic heterocycles. The van der Waals surface area contributed by atoms with Gasteiger partial charge in [0.25, 0.3) is 5.91 Å². The number of anilines is 2. The van der Waals surface area contributed by atoms with Crippen LogP contribution < -0.4 is 9.80 Å². The monoisotopic (exact) mass is 403 g/mol. The second-order valence-corrected chi connectivity index (χ2v) is 7.35. The molecule has 1 aliphatic rings. The Balaban J connectivity index is 1.63. The number of urea groups is 1. The number of thioether (sulfide) groups is 1. The average Bonchev–Trinajstić information content (AvgIpc) is 3.03. The summed E-state index contributed by atoms with van der Waals surface area (Å²) in [5, 5.41) is -0.190. The largest absolute Gasteiger partial charge is 0.336 e. The number of carbonyl (C=O) groups excluding carboxylic acids is 3. The number of para-hydroxylation sites is 2. The van der Waals surface area contributed by atoms with Gasteiger partial charge in [0.05, 0.1) is 5.69 Å². The average molecular weight is 403 g/mol. The van der Waals surface area contributed by atoms with Gasteiger partial charge < -0.3 is 0 Å². The Morgan fingerprint density at radius 2 is 1.55 bits per heavy atom. The van der Waals surface area contributed by atoms with Gasteiger partial charge in [0.1, 0.15) is 6.04 Å². The minimum atomic E-state index is -0.782. The molecule has 0 saturated carbocycles. The molecule has 1 fully saturated rings. The molecule has 1 aliphatic heterocycles. The van der Waals surface area contributed by atoms with Crippen molar-refractivity contribution in [2.45, 2.75) is 6.04 Å². The lowest BCUT2D eigenvalue weighted by molar-refractivity contribution is -0.117. The summed E-state index contributed by atoms with van der Waals surface area (Å²) in [7, 11) is 0. The SMILES string of the molecule is O=C(SCC1C(=O)N(c2ccccc2)C(=O)N1c1ccccc1)c1cccnc1. The van der Waals surface area contributed by atoms with E-state index in [0.717, 1.165) is 11.8 Å². The Bertz CT molecular complexity index is 1030. The Labute approximate surface area is 172 Å². The van der Waals surface area contributed by atoms with Gasteiger partial charge in [-0.05, 0) is 36.4 Å². The van der Waals surface area contributed by atoms with E-state index in [9.17, 15) is 14.4 Å². The molecule has 2 heterocycles. The molecule has 3 amide bonds. The highest BCUT2D eigenvalue weighted by Gasteiger charge is 2.46. The molecule has 0 spiro atoms. The summed E-state index contributed by atoms with van der Waals surface area (Å²) >= 11 is 1.01. The van der Waals surface area contributed by atoms with Gasteiger partial charge in [-0.15, -0.1) is 0 Å². The van der Waals surface area contributed by atoms with Crippen LogP contribution in [0.2, 0.25) is 0 Å². The summed E-state index contributed by atoms with van der Waals surface area (Å²) in [5.41, 5.74) is 1.58. The smallest absolute Gasteiger partial charge is 0.282 e. The van der Waals surface area contributed by atoms with Crippen LogP contribution in [0.15, 0.2) is 85.2 Å². The molecule has 0 bridgehead atoms. The van der Waals surface area contributed by atoms with Gasteiger partial charge in [-0.2, -0.15) is 0 Å². The van der Waals surface area contributed by atoms with Crippen LogP contribution in [0.4, 0.5) is 16.2 Å². The van der Waals surface area contributed by atoms with Crippen LogP contribution in [0.5, 0.6) is 0 Å². The number of hydrogen-bond donors (Lipinski definition) is 0. The molecule has 6 nitrogen and oxygen atoms in total. The van der Waals surface area contributed by atoms with Crippen molar-refractivity contribution in [3.8, 4) is 0 Å². The first-order valence-corrected chi connectivity index (χ1v) is 10.00. The second kappa shape index (κ2) is 8.28. The fourth-order valence-corrected chi connectivity index (χ4v) is 4.04. The van der Waals surface area contributed by atoms with Crippen LogP contribution in [-0.4, -0.2) is 33.8 Å². The first-order valence-electron chi connectivity index (χ1n) is 9.01. The van der Waals surface area contributed by atoms with E-state index < -0.39 is 12.1 Å². The van der Waals surface area contributed by atoms with E-state index in [2.05, 4.69) is 4.98 Å². The van der Waals surface area contributed by atoms with Crippen molar-refractivity contribution in [2.24, 2.45) is 0 Å². The van der Waals surface area contributed by atoms with Gasteiger partial charge in [0, 0.05) is 29.4 Å². The molecular weight excluding hydrogens is 386 g/mol. The third-order valence-electron chi connectivity index (χ3n) is 4.53. The molecule has 0 N–H and O–H groups in total. The molecule has 1 unspecified atom stereocenters. The second-order valence-electron chi connectivity index (χ2n) is 6.35. The molecule has 2 aromatic carbocycles. The highest BCUT2D eigenvalue weighted by Crippen LogP contribution is 2.31. The Hall–Kier alpha value is -3.45. The standard InChI is InChI=1S/C22H17N3O3S/c26-20-19(15-29-21(27)16-8-7-13-23-14-16)24(17-9-3-1-4-10-17)22(28)25(20)18-11-5-2-6-12-18/h1-14,19H,15H2. The summed E-state index contributed by atoms with van der Waals surface area (Å²) in [5.74, 6) is -0.201. The van der Waals surface area contributed by atoms with Gasteiger partial charge in [-0.25, -0.2) is 9.69 Å². The number of pyridine rings is 1. The maximum atomic E-state index is 13.2. The number of hydrogen-bond acceptors (Lipinski definition) is 5. The Morgan fingerprint density at radius 3 is 2.17 bits per heavy atom. The van der Waals surface area contributed by atoms with Crippen molar-refractivity contribution < 1.29 is 14.4 Å². The molecule has 1 saturated heterocycles. The van der Waals surface area contributed by atoms with Crippen molar-refractivity contribution in [3.63, 3.8) is 0 Å². The normalized spacial score (nSPS) is 16.3. The maximum absolute atomic E-state index is 13.2. The van der Waals surface area contributed by atoms with E-state index in [1.165, 1.54) is 16.0 Å². The fraction of sp³-hybridized carbons (Fsp3) is 0.0909. The minimum Gasteiger partial charge on any atom is -0.282 e.